The Morgan fingerprint density at radius 2 is 2.00 bits per heavy atom. The normalized spacial score (nSPS) is 11.0. The molecule has 24 heavy (non-hydrogen) atoms. The van der Waals surface area contributed by atoms with Crippen molar-refractivity contribution >= 4 is 38.9 Å². The Labute approximate surface area is 146 Å². The number of carbonyl (C=O) groups excluding carboxylic acids is 1. The smallest absolute Gasteiger partial charge is 0.308 e. The number of hydrogen-bond acceptors (Lipinski definition) is 5. The van der Waals surface area contributed by atoms with Gasteiger partial charge in [0.05, 0.1) is 28.4 Å². The van der Waals surface area contributed by atoms with Crippen molar-refractivity contribution in [2.45, 2.75) is 6.54 Å². The van der Waals surface area contributed by atoms with Gasteiger partial charge < -0.3 is 9.84 Å². The predicted octanol–water partition coefficient (Wildman–Crippen LogP) is 3.32. The van der Waals surface area contributed by atoms with Crippen LogP contribution in [-0.2, 0) is 11.3 Å². The van der Waals surface area contributed by atoms with Crippen LogP contribution in [0.15, 0.2) is 47.3 Å². The Bertz CT molecular complexity index is 933. The van der Waals surface area contributed by atoms with E-state index in [1.54, 1.807) is 30.3 Å². The summed E-state index contributed by atoms with van der Waals surface area (Å²) in [5.41, 5.74) is 1.24. The van der Waals surface area contributed by atoms with Crippen LogP contribution in [0.4, 0.5) is 0 Å². The molecule has 0 radical (unpaired) electrons. The van der Waals surface area contributed by atoms with E-state index in [1.165, 1.54) is 10.6 Å². The number of ether oxygens (including phenoxy) is 1. The molecule has 0 unspecified atom stereocenters. The van der Waals surface area contributed by atoms with Crippen LogP contribution in [0, 0.1) is 0 Å². The molecule has 0 aliphatic carbocycles. The number of phenolic OH excluding ortho intramolecular Hbond substituents is 1. The number of ketones is 1. The largest absolute Gasteiger partial charge is 0.506 e. The molecule has 0 amide bonds. The zero-order valence-corrected chi connectivity index (χ0v) is 14.1. The van der Waals surface area contributed by atoms with Crippen molar-refractivity contribution in [2.75, 3.05) is 13.2 Å². The van der Waals surface area contributed by atoms with Gasteiger partial charge >= 0.3 is 4.87 Å². The maximum absolute atomic E-state index is 12.0. The molecule has 1 N–H and O–H groups in total. The number of Topliss-reactive ketones (excluding diaryl/α,β-unsaturated/α-hetero) is 1. The minimum atomic E-state index is -0.162. The molecular formula is C17H14ClNO4S. The molecule has 0 spiro atoms. The summed E-state index contributed by atoms with van der Waals surface area (Å²) in [6.45, 7) is 0.493. The first-order valence-electron chi connectivity index (χ1n) is 7.24. The number of benzene rings is 2. The Kier molecular flexibility index (Phi) is 4.99. The van der Waals surface area contributed by atoms with Crippen LogP contribution in [0.5, 0.6) is 5.75 Å². The van der Waals surface area contributed by atoms with Gasteiger partial charge in [0.25, 0.3) is 0 Å². The third-order valence-electron chi connectivity index (χ3n) is 3.53. The van der Waals surface area contributed by atoms with E-state index in [2.05, 4.69) is 0 Å². The van der Waals surface area contributed by atoms with E-state index in [-0.39, 0.29) is 34.6 Å². The molecule has 1 aromatic heterocycles. The van der Waals surface area contributed by atoms with Crippen LogP contribution in [-0.4, -0.2) is 28.7 Å². The summed E-state index contributed by atoms with van der Waals surface area (Å²) >= 11 is 6.93. The first kappa shape index (κ1) is 16.7. The number of carbonyl (C=O) groups is 1. The van der Waals surface area contributed by atoms with E-state index >= 15 is 0 Å². The monoisotopic (exact) mass is 363 g/mol. The maximum Gasteiger partial charge on any atom is 0.308 e. The topological polar surface area (TPSA) is 68.5 Å². The summed E-state index contributed by atoms with van der Waals surface area (Å²) in [7, 11) is 0. The second-order valence-electron chi connectivity index (χ2n) is 5.13. The Morgan fingerprint density at radius 3 is 2.75 bits per heavy atom. The van der Waals surface area contributed by atoms with Gasteiger partial charge in [0.2, 0.25) is 0 Å². The highest BCUT2D eigenvalue weighted by Gasteiger charge is 2.11. The van der Waals surface area contributed by atoms with Crippen LogP contribution >= 0.6 is 22.9 Å². The molecule has 1 heterocycles. The van der Waals surface area contributed by atoms with E-state index in [1.807, 2.05) is 6.07 Å². The lowest BCUT2D eigenvalue weighted by atomic mass is 10.1. The summed E-state index contributed by atoms with van der Waals surface area (Å²) < 4.78 is 7.58. The predicted molar refractivity (Wildman–Crippen MR) is 94.4 cm³/mol. The molecule has 0 aliphatic heterocycles. The van der Waals surface area contributed by atoms with Gasteiger partial charge in [-0.2, -0.15) is 0 Å². The van der Waals surface area contributed by atoms with Crippen LogP contribution in [0.1, 0.15) is 10.4 Å². The molecule has 7 heteroatoms. The number of thiazole rings is 1. The summed E-state index contributed by atoms with van der Waals surface area (Å²) in [4.78, 5) is 23.8. The van der Waals surface area contributed by atoms with Gasteiger partial charge in [-0.1, -0.05) is 53.3 Å². The molecule has 124 valence electrons. The number of fused-ring (bicyclic) bond motifs is 1. The molecule has 0 fully saturated rings. The lowest BCUT2D eigenvalue weighted by Gasteiger charge is -2.06. The lowest BCUT2D eigenvalue weighted by molar-refractivity contribution is 0.0745. The summed E-state index contributed by atoms with van der Waals surface area (Å²) in [6, 6.07) is 11.9. The average molecular weight is 364 g/mol. The fourth-order valence-corrected chi connectivity index (χ4v) is 3.40. The van der Waals surface area contributed by atoms with Gasteiger partial charge in [0.1, 0.15) is 12.4 Å². The second-order valence-corrected chi connectivity index (χ2v) is 6.53. The van der Waals surface area contributed by atoms with Crippen molar-refractivity contribution in [3.8, 4) is 5.75 Å². The Hall–Kier alpha value is -2.15. The molecule has 0 saturated heterocycles. The molecule has 3 rings (SSSR count). The van der Waals surface area contributed by atoms with Crippen molar-refractivity contribution in [3.63, 3.8) is 0 Å². The van der Waals surface area contributed by atoms with Crippen molar-refractivity contribution in [1.82, 2.24) is 4.57 Å². The molecule has 0 saturated carbocycles. The molecule has 3 aromatic rings. The van der Waals surface area contributed by atoms with Crippen molar-refractivity contribution in [1.29, 1.82) is 0 Å². The van der Waals surface area contributed by atoms with Crippen molar-refractivity contribution in [3.05, 3.63) is 62.7 Å². The number of hydrogen-bond donors (Lipinski definition) is 1. The molecule has 5 nitrogen and oxygen atoms in total. The van der Waals surface area contributed by atoms with Gasteiger partial charge in [0, 0.05) is 11.6 Å². The molecule has 2 aromatic carbocycles. The number of phenols is 1. The fraction of sp³-hybridized carbons (Fsp3) is 0.176. The number of halogens is 1. The quantitative estimate of drug-likeness (QED) is 0.539. The molecular weight excluding hydrogens is 350 g/mol. The standard InChI is InChI=1S/C17H14ClNO4S/c18-12-8-13-16(9-14(12)20)24-17(22)19(13)6-7-23-10-15(21)11-4-2-1-3-5-11/h1-5,8-9,20H,6-7,10H2. The Balaban J connectivity index is 1.64. The van der Waals surface area contributed by atoms with Crippen LogP contribution < -0.4 is 4.87 Å². The van der Waals surface area contributed by atoms with Crippen LogP contribution in [0.2, 0.25) is 5.02 Å². The highest BCUT2D eigenvalue weighted by molar-refractivity contribution is 7.16. The van der Waals surface area contributed by atoms with Gasteiger partial charge in [-0.25, -0.2) is 0 Å². The van der Waals surface area contributed by atoms with E-state index in [0.29, 0.717) is 22.3 Å². The second kappa shape index (κ2) is 7.17. The van der Waals surface area contributed by atoms with Gasteiger partial charge in [-0.05, 0) is 6.07 Å². The van der Waals surface area contributed by atoms with Crippen molar-refractivity contribution < 1.29 is 14.6 Å². The third-order valence-corrected chi connectivity index (χ3v) is 4.77. The summed E-state index contributed by atoms with van der Waals surface area (Å²) in [5, 5.41) is 9.79. The van der Waals surface area contributed by atoms with Gasteiger partial charge in [0.15, 0.2) is 5.78 Å². The number of aromatic hydroxyl groups is 1. The summed E-state index contributed by atoms with van der Waals surface area (Å²) in [6.07, 6.45) is 0. The lowest BCUT2D eigenvalue weighted by Crippen LogP contribution is -2.18. The van der Waals surface area contributed by atoms with E-state index in [0.717, 1.165) is 11.3 Å². The van der Waals surface area contributed by atoms with Crippen LogP contribution in [0.3, 0.4) is 0 Å². The average Bonchev–Trinajstić information content (AvgIpc) is 2.87. The number of aromatic nitrogens is 1. The highest BCUT2D eigenvalue weighted by atomic mass is 35.5. The zero-order chi connectivity index (χ0) is 17.1. The number of nitrogens with zero attached hydrogens (tertiary/aromatic N) is 1. The fourth-order valence-electron chi connectivity index (χ4n) is 2.31. The van der Waals surface area contributed by atoms with E-state index in [4.69, 9.17) is 16.3 Å². The molecule has 0 bridgehead atoms. The summed E-state index contributed by atoms with van der Waals surface area (Å²) in [5.74, 6) is -0.159. The third kappa shape index (κ3) is 3.51. The SMILES string of the molecule is O=C(COCCn1c(=O)sc2cc(O)c(Cl)cc21)c1ccccc1. The molecule has 0 aliphatic rings. The minimum Gasteiger partial charge on any atom is -0.506 e. The van der Waals surface area contributed by atoms with Gasteiger partial charge in [-0.3, -0.25) is 14.2 Å². The van der Waals surface area contributed by atoms with E-state index < -0.39 is 0 Å². The van der Waals surface area contributed by atoms with Crippen molar-refractivity contribution in [2.24, 2.45) is 0 Å². The minimum absolute atomic E-state index is 0.0393. The first-order valence-corrected chi connectivity index (χ1v) is 8.43. The maximum atomic E-state index is 12.0. The van der Waals surface area contributed by atoms with Gasteiger partial charge in [-0.15, -0.1) is 0 Å². The highest BCUT2D eigenvalue weighted by Crippen LogP contribution is 2.30. The molecule has 0 atom stereocenters. The first-order chi connectivity index (χ1) is 11.6. The van der Waals surface area contributed by atoms with E-state index in [9.17, 15) is 14.7 Å². The van der Waals surface area contributed by atoms with Crippen LogP contribution in [0.25, 0.3) is 10.2 Å². The number of rotatable bonds is 6. The Morgan fingerprint density at radius 1 is 1.25 bits per heavy atom. The zero-order valence-electron chi connectivity index (χ0n) is 12.6.